The molecule has 2 N–H and O–H groups in total. The number of carbonyl (C=O) groups is 1. The standard InChI is InChI=1S/C17H9F10NO6/c18-14(19,20)16(24,25)33-10-2-1-3-11(34-17(26,27)15(21,22)23)12(10)32-13(29)8-4-6-9(7-5-8)28(30)31/h1-7,28,30H. The van der Waals surface area contributed by atoms with E-state index in [0.29, 0.717) is 6.07 Å². The van der Waals surface area contributed by atoms with Gasteiger partial charge in [0.15, 0.2) is 17.2 Å². The van der Waals surface area contributed by atoms with Crippen molar-refractivity contribution in [1.29, 1.82) is 0 Å². The minimum absolute atomic E-state index is 0.244. The number of esters is 1. The van der Waals surface area contributed by atoms with Gasteiger partial charge in [-0.1, -0.05) is 6.07 Å². The average molecular weight is 513 g/mol. The number of rotatable bonds is 7. The van der Waals surface area contributed by atoms with Crippen molar-refractivity contribution in [2.75, 3.05) is 0 Å². The van der Waals surface area contributed by atoms with Gasteiger partial charge in [-0.25, -0.2) is 10.0 Å². The number of carbonyl (C=O) groups excluding carboxylic acids is 1. The van der Waals surface area contributed by atoms with Gasteiger partial charge in [-0.15, -0.1) is 0 Å². The fourth-order valence-corrected chi connectivity index (χ4v) is 2.05. The van der Waals surface area contributed by atoms with Crippen LogP contribution >= 0.6 is 0 Å². The summed E-state index contributed by atoms with van der Waals surface area (Å²) in [5.74, 6) is -7.03. The number of ether oxygens (including phenoxy) is 3. The molecule has 0 saturated carbocycles. The molecule has 0 aliphatic heterocycles. The van der Waals surface area contributed by atoms with Crippen LogP contribution in [0.1, 0.15) is 10.4 Å². The molecule has 34 heavy (non-hydrogen) atoms. The van der Waals surface area contributed by atoms with E-state index >= 15 is 0 Å². The summed E-state index contributed by atoms with van der Waals surface area (Å²) in [7, 11) is 0. The normalized spacial score (nSPS) is 13.9. The lowest BCUT2D eigenvalue weighted by molar-refractivity contribution is -0.991. The van der Waals surface area contributed by atoms with Crippen molar-refractivity contribution in [3.8, 4) is 17.2 Å². The predicted octanol–water partition coefficient (Wildman–Crippen LogP) is 4.38. The Morgan fingerprint density at radius 2 is 1.18 bits per heavy atom. The molecule has 1 atom stereocenters. The van der Waals surface area contributed by atoms with E-state index in [-0.39, 0.29) is 17.8 Å². The zero-order valence-corrected chi connectivity index (χ0v) is 15.8. The maximum atomic E-state index is 13.3. The molecule has 0 fully saturated rings. The third kappa shape index (κ3) is 5.97. The fraction of sp³-hybridized carbons (Fsp3) is 0.235. The molecule has 2 rings (SSSR count). The van der Waals surface area contributed by atoms with Crippen molar-refractivity contribution in [2.24, 2.45) is 0 Å². The quantitative estimate of drug-likeness (QED) is 0.247. The molecule has 7 nitrogen and oxygen atoms in total. The first-order valence-corrected chi connectivity index (χ1v) is 8.31. The lowest BCUT2D eigenvalue weighted by Crippen LogP contribution is -2.99. The maximum Gasteiger partial charge on any atom is 0.499 e. The predicted molar refractivity (Wildman–Crippen MR) is 86.9 cm³/mol. The summed E-state index contributed by atoms with van der Waals surface area (Å²) in [6.07, 6.45) is -24.7. The summed E-state index contributed by atoms with van der Waals surface area (Å²) in [6, 6.07) is 4.09. The molecule has 2 aromatic carbocycles. The van der Waals surface area contributed by atoms with Gasteiger partial charge < -0.3 is 19.4 Å². The van der Waals surface area contributed by atoms with Crippen LogP contribution in [0.3, 0.4) is 0 Å². The lowest BCUT2D eigenvalue weighted by Gasteiger charge is -2.24. The second kappa shape index (κ2) is 9.15. The van der Waals surface area contributed by atoms with E-state index in [9.17, 15) is 53.9 Å². The molecule has 0 aliphatic carbocycles. The van der Waals surface area contributed by atoms with E-state index in [1.165, 1.54) is 0 Å². The first-order chi connectivity index (χ1) is 15.4. The Hall–Kier alpha value is -3.31. The maximum absolute atomic E-state index is 13.3. The van der Waals surface area contributed by atoms with Crippen LogP contribution in [-0.4, -0.2) is 35.7 Å². The minimum Gasteiger partial charge on any atom is -0.595 e. The first kappa shape index (κ1) is 26.9. The van der Waals surface area contributed by atoms with E-state index < -0.39 is 58.6 Å². The zero-order valence-electron chi connectivity index (χ0n) is 15.8. The number of halogens is 10. The second-order valence-corrected chi connectivity index (χ2v) is 6.09. The van der Waals surface area contributed by atoms with Gasteiger partial charge in [0.2, 0.25) is 5.75 Å². The van der Waals surface area contributed by atoms with Crippen molar-refractivity contribution in [2.45, 2.75) is 24.6 Å². The van der Waals surface area contributed by atoms with Crippen molar-refractivity contribution < 1.29 is 73.3 Å². The summed E-state index contributed by atoms with van der Waals surface area (Å²) in [4.78, 5) is 12.2. The van der Waals surface area contributed by atoms with Crippen LogP contribution in [0.4, 0.5) is 49.6 Å². The van der Waals surface area contributed by atoms with Gasteiger partial charge >= 0.3 is 30.5 Å². The fourth-order valence-electron chi connectivity index (χ4n) is 2.05. The summed E-state index contributed by atoms with van der Waals surface area (Å²) in [5, 5.41) is 18.2. The van der Waals surface area contributed by atoms with Crippen LogP contribution < -0.4 is 19.4 Å². The average Bonchev–Trinajstić information content (AvgIpc) is 2.68. The third-order valence-corrected chi connectivity index (χ3v) is 3.64. The van der Waals surface area contributed by atoms with Crippen molar-refractivity contribution >= 4 is 11.7 Å². The van der Waals surface area contributed by atoms with E-state index in [1.54, 1.807) is 0 Å². The molecule has 1 unspecified atom stereocenters. The highest BCUT2D eigenvalue weighted by Gasteiger charge is 2.63. The summed E-state index contributed by atoms with van der Waals surface area (Å²) >= 11 is 0. The molecule has 0 bridgehead atoms. The topological polar surface area (TPSA) is 92.5 Å². The first-order valence-electron chi connectivity index (χ1n) is 8.31. The van der Waals surface area contributed by atoms with Gasteiger partial charge in [-0.3, -0.25) is 0 Å². The van der Waals surface area contributed by atoms with E-state index in [2.05, 4.69) is 14.2 Å². The van der Waals surface area contributed by atoms with E-state index in [1.807, 2.05) is 0 Å². The molecular formula is C17H9F10NO6. The summed E-state index contributed by atoms with van der Waals surface area (Å²) in [5.41, 5.74) is -0.963. The zero-order chi connectivity index (χ0) is 26.1. The van der Waals surface area contributed by atoms with Crippen LogP contribution in [0.5, 0.6) is 17.2 Å². The molecular weight excluding hydrogens is 504 g/mol. The number of para-hydroxylation sites is 1. The van der Waals surface area contributed by atoms with Gasteiger partial charge in [0, 0.05) is 12.1 Å². The Kier molecular flexibility index (Phi) is 7.25. The molecule has 0 saturated heterocycles. The Balaban J connectivity index is 2.53. The minimum atomic E-state index is -6.37. The number of hydrogen-bond acceptors (Lipinski definition) is 6. The molecule has 0 radical (unpaired) electrons. The van der Waals surface area contributed by atoms with Crippen molar-refractivity contribution in [3.63, 3.8) is 0 Å². The van der Waals surface area contributed by atoms with Crippen LogP contribution in [0.2, 0.25) is 0 Å². The van der Waals surface area contributed by atoms with E-state index in [4.69, 9.17) is 5.21 Å². The molecule has 0 heterocycles. The number of nitrogens with one attached hydrogen (secondary N) is 1. The van der Waals surface area contributed by atoms with Crippen LogP contribution in [0, 0.1) is 5.21 Å². The smallest absolute Gasteiger partial charge is 0.499 e. The van der Waals surface area contributed by atoms with Crippen molar-refractivity contribution in [1.82, 2.24) is 0 Å². The largest absolute Gasteiger partial charge is 0.595 e. The highest BCUT2D eigenvalue weighted by molar-refractivity contribution is 5.92. The van der Waals surface area contributed by atoms with Gasteiger partial charge in [0.05, 0.1) is 5.56 Å². The molecule has 17 heteroatoms. The highest BCUT2D eigenvalue weighted by atomic mass is 19.4. The molecule has 0 spiro atoms. The molecule has 0 aromatic heterocycles. The Labute approximate surface area is 181 Å². The van der Waals surface area contributed by atoms with Crippen molar-refractivity contribution in [3.05, 3.63) is 53.2 Å². The van der Waals surface area contributed by atoms with Gasteiger partial charge in [-0.2, -0.15) is 49.1 Å². The van der Waals surface area contributed by atoms with Gasteiger partial charge in [-0.05, 0) is 24.3 Å². The Bertz CT molecular complexity index is 975. The van der Waals surface area contributed by atoms with Crippen LogP contribution in [0.25, 0.3) is 0 Å². The lowest BCUT2D eigenvalue weighted by atomic mass is 10.2. The number of hydrogen-bond donors (Lipinski definition) is 2. The third-order valence-electron chi connectivity index (χ3n) is 3.64. The molecule has 0 aliphatic rings. The number of alkyl halides is 10. The Morgan fingerprint density at radius 3 is 1.53 bits per heavy atom. The number of quaternary nitrogens is 1. The summed E-state index contributed by atoms with van der Waals surface area (Å²) in [6.45, 7) is 0. The monoisotopic (exact) mass is 513 g/mol. The molecule has 2 aromatic rings. The summed E-state index contributed by atoms with van der Waals surface area (Å²) < 4.78 is 139. The van der Waals surface area contributed by atoms with Gasteiger partial charge in [0.25, 0.3) is 0 Å². The highest BCUT2D eigenvalue weighted by Crippen LogP contribution is 2.47. The van der Waals surface area contributed by atoms with E-state index in [0.717, 1.165) is 24.3 Å². The van der Waals surface area contributed by atoms with Crippen LogP contribution in [-0.2, 0) is 0 Å². The SMILES string of the molecule is O=C(Oc1c(OC(F)(F)C(F)(F)F)cccc1OC(F)(F)C(F)(F)F)c1ccc([NH+]([O-])O)cc1. The second-order valence-electron chi connectivity index (χ2n) is 6.09. The molecule has 188 valence electrons. The van der Waals surface area contributed by atoms with Gasteiger partial charge in [0.1, 0.15) is 0 Å². The van der Waals surface area contributed by atoms with Crippen LogP contribution in [0.15, 0.2) is 42.5 Å². The molecule has 0 amide bonds. The Morgan fingerprint density at radius 1 is 0.765 bits per heavy atom. The number of benzene rings is 2.